The molecule has 3 aliphatic carbocycles. The highest BCUT2D eigenvalue weighted by Crippen LogP contribution is 2.55. The van der Waals surface area contributed by atoms with Crippen molar-refractivity contribution < 1.29 is 14.3 Å². The normalized spacial score (nSPS) is 39.0. The number of carbonyl (C=O) groups is 1. The maximum Gasteiger partial charge on any atom is 0.223 e. The molecule has 5 atom stereocenters. The fourth-order valence-corrected chi connectivity index (χ4v) is 4.92. The summed E-state index contributed by atoms with van der Waals surface area (Å²) in [5.41, 5.74) is 0. The molecule has 5 rings (SSSR count). The van der Waals surface area contributed by atoms with E-state index in [-0.39, 0.29) is 18.1 Å². The average Bonchev–Trinajstić information content (AvgIpc) is 2.89. The molecule has 1 aromatic heterocycles. The first-order valence-electron chi connectivity index (χ1n) is 8.50. The fourth-order valence-electron chi connectivity index (χ4n) is 4.92. The Morgan fingerprint density at radius 2 is 2.14 bits per heavy atom. The number of aliphatic hydroxyl groups is 1. The minimum absolute atomic E-state index is 0.0703. The molecule has 1 aliphatic heterocycles. The second-order valence-electron chi connectivity index (χ2n) is 7.49. The SMILES string of the molecule is O=C(CCc1nnc(C2CC2)o1)N1CC2CC3CC2C1C3O. The molecule has 2 heterocycles. The molecule has 22 heavy (non-hydrogen) atoms. The Morgan fingerprint density at radius 1 is 1.27 bits per heavy atom. The van der Waals surface area contributed by atoms with E-state index in [9.17, 15) is 9.90 Å². The lowest BCUT2D eigenvalue weighted by Gasteiger charge is -2.28. The lowest BCUT2D eigenvalue weighted by atomic mass is 9.88. The van der Waals surface area contributed by atoms with Crippen LogP contribution in [0.4, 0.5) is 0 Å². The first-order chi connectivity index (χ1) is 10.7. The predicted molar refractivity (Wildman–Crippen MR) is 75.8 cm³/mol. The summed E-state index contributed by atoms with van der Waals surface area (Å²) in [5.74, 6) is 3.47. The van der Waals surface area contributed by atoms with Gasteiger partial charge in [0.05, 0.1) is 12.1 Å². The minimum Gasteiger partial charge on any atom is -0.425 e. The molecule has 118 valence electrons. The van der Waals surface area contributed by atoms with Crippen LogP contribution in [0.3, 0.4) is 0 Å². The van der Waals surface area contributed by atoms with Gasteiger partial charge in [0, 0.05) is 25.3 Å². The van der Waals surface area contributed by atoms with E-state index >= 15 is 0 Å². The first-order valence-corrected chi connectivity index (χ1v) is 8.50. The Morgan fingerprint density at radius 3 is 2.91 bits per heavy atom. The highest BCUT2D eigenvalue weighted by molar-refractivity contribution is 5.77. The van der Waals surface area contributed by atoms with Gasteiger partial charge in [-0.05, 0) is 43.4 Å². The van der Waals surface area contributed by atoms with Gasteiger partial charge in [0.15, 0.2) is 0 Å². The van der Waals surface area contributed by atoms with Crippen molar-refractivity contribution in [3.8, 4) is 0 Å². The molecular formula is C16H21N3O3. The lowest BCUT2D eigenvalue weighted by molar-refractivity contribution is -0.134. The Balaban J connectivity index is 1.23. The zero-order valence-corrected chi connectivity index (χ0v) is 12.5. The van der Waals surface area contributed by atoms with E-state index in [2.05, 4.69) is 10.2 Å². The van der Waals surface area contributed by atoms with Crippen molar-refractivity contribution in [3.05, 3.63) is 11.8 Å². The van der Waals surface area contributed by atoms with Gasteiger partial charge in [-0.3, -0.25) is 4.79 Å². The van der Waals surface area contributed by atoms with Crippen molar-refractivity contribution in [2.45, 2.75) is 56.6 Å². The number of aryl methyl sites for hydroxylation is 1. The van der Waals surface area contributed by atoms with Crippen LogP contribution in [0.5, 0.6) is 0 Å². The first kappa shape index (κ1) is 13.0. The zero-order chi connectivity index (χ0) is 14.8. The molecule has 6 heteroatoms. The molecule has 1 saturated heterocycles. The van der Waals surface area contributed by atoms with Gasteiger partial charge in [-0.15, -0.1) is 10.2 Å². The quantitative estimate of drug-likeness (QED) is 0.901. The van der Waals surface area contributed by atoms with Gasteiger partial charge in [-0.25, -0.2) is 0 Å². The second-order valence-corrected chi connectivity index (χ2v) is 7.49. The summed E-state index contributed by atoms with van der Waals surface area (Å²) in [6, 6.07) is 0.0703. The van der Waals surface area contributed by atoms with Crippen molar-refractivity contribution in [1.29, 1.82) is 0 Å². The second kappa shape index (κ2) is 4.54. The number of rotatable bonds is 4. The van der Waals surface area contributed by atoms with Crippen LogP contribution in [0.25, 0.3) is 0 Å². The van der Waals surface area contributed by atoms with Crippen LogP contribution in [0.1, 0.15) is 49.8 Å². The fraction of sp³-hybridized carbons (Fsp3) is 0.812. The number of likely N-dealkylation sites (tertiary alicyclic amines) is 1. The van der Waals surface area contributed by atoms with E-state index in [0.29, 0.717) is 42.4 Å². The van der Waals surface area contributed by atoms with Gasteiger partial charge in [0.2, 0.25) is 17.7 Å². The third kappa shape index (κ3) is 1.86. The number of aromatic nitrogens is 2. The molecular weight excluding hydrogens is 282 g/mol. The Kier molecular flexibility index (Phi) is 2.69. The van der Waals surface area contributed by atoms with Crippen LogP contribution in [-0.4, -0.2) is 44.8 Å². The summed E-state index contributed by atoms with van der Waals surface area (Å²) in [6.07, 6.45) is 5.08. The molecule has 1 amide bonds. The third-order valence-corrected chi connectivity index (χ3v) is 6.13. The van der Waals surface area contributed by atoms with Gasteiger partial charge >= 0.3 is 0 Å². The number of nitrogens with zero attached hydrogens (tertiary/aromatic N) is 3. The Bertz CT molecular complexity index is 610. The molecule has 4 aliphatic rings. The summed E-state index contributed by atoms with van der Waals surface area (Å²) in [7, 11) is 0. The molecule has 0 spiro atoms. The molecule has 3 saturated carbocycles. The standard InChI is InChI=1S/C16H21N3O3/c20-13(4-3-12-17-18-16(22-12)8-1-2-8)19-7-10-5-9-6-11(10)14(19)15(9)21/h8-11,14-15,21H,1-7H2. The van der Waals surface area contributed by atoms with E-state index in [1.54, 1.807) is 0 Å². The molecule has 5 unspecified atom stereocenters. The van der Waals surface area contributed by atoms with Crippen molar-refractivity contribution in [2.24, 2.45) is 17.8 Å². The van der Waals surface area contributed by atoms with E-state index < -0.39 is 0 Å². The molecule has 4 fully saturated rings. The van der Waals surface area contributed by atoms with Crippen molar-refractivity contribution in [1.82, 2.24) is 15.1 Å². The zero-order valence-electron chi connectivity index (χ0n) is 12.5. The summed E-state index contributed by atoms with van der Waals surface area (Å²) >= 11 is 0. The number of carbonyl (C=O) groups excluding carboxylic acids is 1. The van der Waals surface area contributed by atoms with Crippen molar-refractivity contribution >= 4 is 5.91 Å². The van der Waals surface area contributed by atoms with E-state index in [0.717, 1.165) is 38.1 Å². The molecule has 1 N–H and O–H groups in total. The van der Waals surface area contributed by atoms with Gasteiger partial charge < -0.3 is 14.4 Å². The van der Waals surface area contributed by atoms with E-state index in [1.807, 2.05) is 4.90 Å². The summed E-state index contributed by atoms with van der Waals surface area (Å²) in [5, 5.41) is 18.4. The van der Waals surface area contributed by atoms with Gasteiger partial charge in [0.25, 0.3) is 0 Å². The van der Waals surface area contributed by atoms with Crippen LogP contribution in [-0.2, 0) is 11.2 Å². The minimum atomic E-state index is -0.308. The van der Waals surface area contributed by atoms with Crippen LogP contribution in [0.2, 0.25) is 0 Å². The average molecular weight is 303 g/mol. The highest BCUT2D eigenvalue weighted by Gasteiger charge is 2.59. The van der Waals surface area contributed by atoms with Crippen LogP contribution in [0.15, 0.2) is 4.42 Å². The number of aliphatic hydroxyl groups excluding tert-OH is 1. The maximum absolute atomic E-state index is 12.5. The van der Waals surface area contributed by atoms with E-state index in [4.69, 9.17) is 4.42 Å². The lowest BCUT2D eigenvalue weighted by Crippen LogP contribution is -2.43. The summed E-state index contributed by atoms with van der Waals surface area (Å²) in [6.45, 7) is 0.832. The highest BCUT2D eigenvalue weighted by atomic mass is 16.4. The molecule has 0 radical (unpaired) electrons. The number of amides is 1. The smallest absolute Gasteiger partial charge is 0.223 e. The Labute approximate surface area is 128 Å². The molecule has 1 aromatic rings. The molecule has 2 bridgehead atoms. The van der Waals surface area contributed by atoms with Crippen molar-refractivity contribution in [3.63, 3.8) is 0 Å². The van der Waals surface area contributed by atoms with Gasteiger partial charge in [0.1, 0.15) is 0 Å². The van der Waals surface area contributed by atoms with Crippen molar-refractivity contribution in [2.75, 3.05) is 6.54 Å². The molecule has 6 nitrogen and oxygen atoms in total. The number of hydrogen-bond acceptors (Lipinski definition) is 5. The predicted octanol–water partition coefficient (Wildman–Crippen LogP) is 1.11. The van der Waals surface area contributed by atoms with Crippen LogP contribution in [0, 0.1) is 17.8 Å². The summed E-state index contributed by atoms with van der Waals surface area (Å²) < 4.78 is 5.62. The Hall–Kier alpha value is -1.43. The largest absolute Gasteiger partial charge is 0.425 e. The molecule has 0 aromatic carbocycles. The maximum atomic E-state index is 12.5. The van der Waals surface area contributed by atoms with Gasteiger partial charge in [-0.2, -0.15) is 0 Å². The van der Waals surface area contributed by atoms with Crippen LogP contribution < -0.4 is 0 Å². The third-order valence-electron chi connectivity index (χ3n) is 6.13. The topological polar surface area (TPSA) is 79.5 Å². The summed E-state index contributed by atoms with van der Waals surface area (Å²) in [4.78, 5) is 14.5. The van der Waals surface area contributed by atoms with Gasteiger partial charge in [-0.1, -0.05) is 0 Å². The number of fused-ring (bicyclic) bond motifs is 1. The monoisotopic (exact) mass is 303 g/mol. The van der Waals surface area contributed by atoms with Crippen LogP contribution >= 0.6 is 0 Å². The number of hydrogen-bond donors (Lipinski definition) is 1. The van der Waals surface area contributed by atoms with E-state index in [1.165, 1.54) is 0 Å².